The number of benzene rings is 1. The zero-order valence-electron chi connectivity index (χ0n) is 13.5. The summed E-state index contributed by atoms with van der Waals surface area (Å²) in [7, 11) is 0. The van der Waals surface area contributed by atoms with Crippen molar-refractivity contribution in [3.8, 4) is 0 Å². The quantitative estimate of drug-likeness (QED) is 0.780. The minimum atomic E-state index is -0.375. The monoisotopic (exact) mass is 317 g/mol. The van der Waals surface area contributed by atoms with Gasteiger partial charge in [0.05, 0.1) is 12.6 Å². The third-order valence-corrected chi connectivity index (χ3v) is 3.51. The van der Waals surface area contributed by atoms with Crippen LogP contribution in [0.25, 0.3) is 0 Å². The van der Waals surface area contributed by atoms with Crippen molar-refractivity contribution in [2.75, 3.05) is 6.61 Å². The molecule has 2 rings (SSSR count). The number of carbonyl (C=O) groups excluding carboxylic acids is 1. The fourth-order valence-electron chi connectivity index (χ4n) is 2.19. The van der Waals surface area contributed by atoms with Crippen LogP contribution in [0.3, 0.4) is 0 Å². The number of hydrogen-bond acceptors (Lipinski definition) is 5. The molecule has 0 fully saturated rings. The molecule has 1 unspecified atom stereocenters. The molecule has 0 saturated heterocycles. The summed E-state index contributed by atoms with van der Waals surface area (Å²) in [6, 6.07) is 9.05. The molecule has 124 valence electrons. The Morgan fingerprint density at radius 3 is 2.65 bits per heavy atom. The molecule has 0 aliphatic heterocycles. The number of amides is 1. The van der Waals surface area contributed by atoms with Crippen molar-refractivity contribution >= 4 is 5.91 Å². The highest BCUT2D eigenvalue weighted by Gasteiger charge is 2.14. The first kappa shape index (κ1) is 17.1. The zero-order valence-corrected chi connectivity index (χ0v) is 13.5. The number of nitrogens with zero attached hydrogens (tertiary/aromatic N) is 2. The molecule has 6 nitrogen and oxygen atoms in total. The third-order valence-electron chi connectivity index (χ3n) is 3.51. The van der Waals surface area contributed by atoms with Crippen LogP contribution in [0, 0.1) is 0 Å². The van der Waals surface area contributed by atoms with Gasteiger partial charge < -0.3 is 14.9 Å². The Balaban J connectivity index is 1.78. The molecule has 1 aromatic carbocycles. The van der Waals surface area contributed by atoms with E-state index in [0.29, 0.717) is 31.0 Å². The molecule has 1 heterocycles. The maximum absolute atomic E-state index is 12.0. The number of aryl methyl sites for hydroxylation is 1. The van der Waals surface area contributed by atoms with Gasteiger partial charge in [-0.2, -0.15) is 4.98 Å². The van der Waals surface area contributed by atoms with Gasteiger partial charge in [-0.25, -0.2) is 0 Å². The standard InChI is InChI=1S/C17H23N3O3/c1-12(2)17-19-16(23-20-17)10-6-9-15(22)18-14(11-21)13-7-4-3-5-8-13/h3-5,7-8,12,14,21H,6,9-11H2,1-2H3,(H,18,22). The highest BCUT2D eigenvalue weighted by atomic mass is 16.5. The summed E-state index contributed by atoms with van der Waals surface area (Å²) in [6.07, 6.45) is 1.55. The molecule has 1 atom stereocenters. The Bertz CT molecular complexity index is 611. The van der Waals surface area contributed by atoms with E-state index in [1.54, 1.807) is 0 Å². The van der Waals surface area contributed by atoms with E-state index >= 15 is 0 Å². The first-order valence-electron chi connectivity index (χ1n) is 7.87. The molecule has 1 aromatic heterocycles. The number of carbonyl (C=O) groups is 1. The summed E-state index contributed by atoms with van der Waals surface area (Å²) in [5.74, 6) is 1.38. The number of aliphatic hydroxyl groups excluding tert-OH is 1. The normalized spacial score (nSPS) is 12.3. The zero-order chi connectivity index (χ0) is 16.7. The van der Waals surface area contributed by atoms with E-state index in [4.69, 9.17) is 4.52 Å². The van der Waals surface area contributed by atoms with Crippen molar-refractivity contribution < 1.29 is 14.4 Å². The number of nitrogens with one attached hydrogen (secondary N) is 1. The SMILES string of the molecule is CC(C)c1noc(CCCC(=O)NC(CO)c2ccccc2)n1. The van der Waals surface area contributed by atoms with Crippen molar-refractivity contribution in [3.63, 3.8) is 0 Å². The minimum Gasteiger partial charge on any atom is -0.394 e. The fourth-order valence-corrected chi connectivity index (χ4v) is 2.19. The lowest BCUT2D eigenvalue weighted by Crippen LogP contribution is -2.30. The highest BCUT2D eigenvalue weighted by Crippen LogP contribution is 2.13. The molecular weight excluding hydrogens is 294 g/mol. The van der Waals surface area contributed by atoms with Crippen LogP contribution in [0.2, 0.25) is 0 Å². The van der Waals surface area contributed by atoms with Crippen LogP contribution < -0.4 is 5.32 Å². The number of aromatic nitrogens is 2. The molecular formula is C17H23N3O3. The molecule has 0 spiro atoms. The molecule has 23 heavy (non-hydrogen) atoms. The summed E-state index contributed by atoms with van der Waals surface area (Å²) in [5.41, 5.74) is 0.891. The predicted octanol–water partition coefficient (Wildman–Crippen LogP) is 2.37. The molecule has 0 saturated carbocycles. The minimum absolute atomic E-state index is 0.100. The largest absolute Gasteiger partial charge is 0.394 e. The molecule has 2 aromatic rings. The van der Waals surface area contributed by atoms with Crippen molar-refractivity contribution in [3.05, 3.63) is 47.6 Å². The molecule has 0 aliphatic carbocycles. The predicted molar refractivity (Wildman–Crippen MR) is 85.7 cm³/mol. The van der Waals surface area contributed by atoms with Gasteiger partial charge in [0.25, 0.3) is 0 Å². The van der Waals surface area contributed by atoms with Gasteiger partial charge in [0, 0.05) is 18.8 Å². The Labute approximate surface area is 135 Å². The average molecular weight is 317 g/mol. The average Bonchev–Trinajstić information content (AvgIpc) is 3.02. The van der Waals surface area contributed by atoms with Gasteiger partial charge >= 0.3 is 0 Å². The second-order valence-electron chi connectivity index (χ2n) is 5.77. The summed E-state index contributed by atoms with van der Waals surface area (Å²) in [5, 5.41) is 16.2. The highest BCUT2D eigenvalue weighted by molar-refractivity contribution is 5.76. The van der Waals surface area contributed by atoms with Gasteiger partial charge in [0.1, 0.15) is 0 Å². The molecule has 1 amide bonds. The fraction of sp³-hybridized carbons (Fsp3) is 0.471. The first-order valence-corrected chi connectivity index (χ1v) is 7.87. The lowest BCUT2D eigenvalue weighted by atomic mass is 10.1. The van der Waals surface area contributed by atoms with Crippen LogP contribution in [0.4, 0.5) is 0 Å². The van der Waals surface area contributed by atoms with Gasteiger partial charge in [-0.1, -0.05) is 49.3 Å². The van der Waals surface area contributed by atoms with E-state index in [2.05, 4.69) is 15.5 Å². The maximum atomic E-state index is 12.0. The Kier molecular flexibility index (Phi) is 6.29. The second-order valence-corrected chi connectivity index (χ2v) is 5.77. The van der Waals surface area contributed by atoms with Crippen LogP contribution in [0.15, 0.2) is 34.9 Å². The van der Waals surface area contributed by atoms with Gasteiger partial charge in [0.2, 0.25) is 11.8 Å². The molecule has 0 bridgehead atoms. The van der Waals surface area contributed by atoms with E-state index in [9.17, 15) is 9.90 Å². The van der Waals surface area contributed by atoms with Crippen LogP contribution in [-0.2, 0) is 11.2 Å². The Morgan fingerprint density at radius 2 is 2.04 bits per heavy atom. The number of rotatable bonds is 8. The van der Waals surface area contributed by atoms with Crippen molar-refractivity contribution in [1.82, 2.24) is 15.5 Å². The lowest BCUT2D eigenvalue weighted by molar-refractivity contribution is -0.122. The van der Waals surface area contributed by atoms with E-state index < -0.39 is 0 Å². The summed E-state index contributed by atoms with van der Waals surface area (Å²) >= 11 is 0. The lowest BCUT2D eigenvalue weighted by Gasteiger charge is -2.16. The Hall–Kier alpha value is -2.21. The Morgan fingerprint density at radius 1 is 1.30 bits per heavy atom. The molecule has 0 radical (unpaired) electrons. The van der Waals surface area contributed by atoms with Crippen molar-refractivity contribution in [2.45, 2.75) is 45.1 Å². The van der Waals surface area contributed by atoms with Crippen LogP contribution in [-0.4, -0.2) is 27.8 Å². The van der Waals surface area contributed by atoms with Gasteiger partial charge in [-0.15, -0.1) is 0 Å². The summed E-state index contributed by atoms with van der Waals surface area (Å²) in [4.78, 5) is 16.3. The van der Waals surface area contributed by atoms with E-state index in [1.807, 2.05) is 44.2 Å². The van der Waals surface area contributed by atoms with Gasteiger partial charge in [0.15, 0.2) is 5.82 Å². The first-order chi connectivity index (χ1) is 11.1. The third kappa shape index (κ3) is 5.17. The number of aliphatic hydroxyl groups is 1. The number of hydrogen-bond donors (Lipinski definition) is 2. The van der Waals surface area contributed by atoms with E-state index in [0.717, 1.165) is 5.56 Å². The van der Waals surface area contributed by atoms with E-state index in [1.165, 1.54) is 0 Å². The summed E-state index contributed by atoms with van der Waals surface area (Å²) in [6.45, 7) is 3.87. The van der Waals surface area contributed by atoms with Crippen LogP contribution in [0.1, 0.15) is 55.9 Å². The molecule has 2 N–H and O–H groups in total. The van der Waals surface area contributed by atoms with Crippen molar-refractivity contribution in [2.24, 2.45) is 0 Å². The second kappa shape index (κ2) is 8.43. The van der Waals surface area contributed by atoms with Gasteiger partial charge in [-0.3, -0.25) is 4.79 Å². The summed E-state index contributed by atoms with van der Waals surface area (Å²) < 4.78 is 5.15. The van der Waals surface area contributed by atoms with Crippen LogP contribution >= 0.6 is 0 Å². The smallest absolute Gasteiger partial charge is 0.226 e. The topological polar surface area (TPSA) is 88.2 Å². The van der Waals surface area contributed by atoms with Gasteiger partial charge in [-0.05, 0) is 12.0 Å². The molecule has 0 aliphatic rings. The van der Waals surface area contributed by atoms with Crippen LogP contribution in [0.5, 0.6) is 0 Å². The van der Waals surface area contributed by atoms with Crippen molar-refractivity contribution in [1.29, 1.82) is 0 Å². The maximum Gasteiger partial charge on any atom is 0.226 e. The van der Waals surface area contributed by atoms with E-state index in [-0.39, 0.29) is 24.5 Å². The molecule has 6 heteroatoms.